The fourth-order valence-electron chi connectivity index (χ4n) is 8.37. The van der Waals surface area contributed by atoms with Crippen LogP contribution in [0.3, 0.4) is 0 Å². The van der Waals surface area contributed by atoms with Crippen LogP contribution in [0.1, 0.15) is 97.3 Å². The molecule has 0 saturated heterocycles. The fraction of sp³-hybridized carbons (Fsp3) is 0.523. The Labute approximate surface area is 310 Å². The average Bonchev–Trinajstić information content (AvgIpc) is 3.39. The van der Waals surface area contributed by atoms with Gasteiger partial charge in [0.15, 0.2) is 5.78 Å². The lowest BCUT2D eigenvalue weighted by Crippen LogP contribution is -2.54. The van der Waals surface area contributed by atoms with Gasteiger partial charge in [-0.25, -0.2) is 0 Å². The van der Waals surface area contributed by atoms with Gasteiger partial charge in [0.1, 0.15) is 5.75 Å². The van der Waals surface area contributed by atoms with E-state index in [4.69, 9.17) is 14.2 Å². The maximum Gasteiger partial charge on any atom is 0.193 e. The van der Waals surface area contributed by atoms with Crippen molar-refractivity contribution in [2.24, 2.45) is 5.41 Å². The third-order valence-corrected chi connectivity index (χ3v) is 11.5. The first-order valence-corrected chi connectivity index (χ1v) is 18.9. The van der Waals surface area contributed by atoms with Gasteiger partial charge in [-0.3, -0.25) is 9.69 Å². The molecular weight excluding hydrogens is 654 g/mol. The molecule has 3 N–H and O–H groups in total. The molecule has 6 rings (SSSR count). The van der Waals surface area contributed by atoms with Crippen LogP contribution in [0.4, 0.5) is 0 Å². The monoisotopic (exact) mass is 713 g/mol. The van der Waals surface area contributed by atoms with Crippen LogP contribution in [0.2, 0.25) is 0 Å². The third kappa shape index (κ3) is 9.98. The van der Waals surface area contributed by atoms with Crippen molar-refractivity contribution in [3.8, 4) is 5.75 Å². The maximum atomic E-state index is 14.4. The summed E-state index contributed by atoms with van der Waals surface area (Å²) in [6.45, 7) is 6.92. The third-order valence-electron chi connectivity index (χ3n) is 11.5. The molecule has 0 spiro atoms. The van der Waals surface area contributed by atoms with Crippen molar-refractivity contribution >= 4 is 5.78 Å². The Hall–Kier alpha value is -3.37. The number of fused-ring (bicyclic) bond motifs is 8. The van der Waals surface area contributed by atoms with Crippen LogP contribution in [0, 0.1) is 5.41 Å². The van der Waals surface area contributed by atoms with E-state index in [-0.39, 0.29) is 18.3 Å². The van der Waals surface area contributed by atoms with E-state index in [1.165, 1.54) is 5.57 Å². The Balaban J connectivity index is 1.46. The zero-order valence-corrected chi connectivity index (χ0v) is 31.6. The maximum absolute atomic E-state index is 14.4. The predicted molar refractivity (Wildman–Crippen MR) is 205 cm³/mol. The minimum absolute atomic E-state index is 0.0746. The lowest BCUT2D eigenvalue weighted by molar-refractivity contribution is -0.0913. The van der Waals surface area contributed by atoms with E-state index in [9.17, 15) is 20.1 Å². The summed E-state index contributed by atoms with van der Waals surface area (Å²) >= 11 is 0. The van der Waals surface area contributed by atoms with Crippen molar-refractivity contribution in [1.82, 2.24) is 4.90 Å². The van der Waals surface area contributed by atoms with Crippen LogP contribution in [0.15, 0.2) is 84.4 Å². The number of ether oxygens (including phenoxy) is 3. The first-order chi connectivity index (χ1) is 25.0. The van der Waals surface area contributed by atoms with Gasteiger partial charge in [0.2, 0.25) is 0 Å². The highest BCUT2D eigenvalue weighted by molar-refractivity contribution is 6.10. The zero-order valence-electron chi connectivity index (χ0n) is 31.6. The van der Waals surface area contributed by atoms with Gasteiger partial charge in [0, 0.05) is 49.9 Å². The molecule has 8 heteroatoms. The van der Waals surface area contributed by atoms with E-state index >= 15 is 0 Å². The Bertz CT molecular complexity index is 1610. The van der Waals surface area contributed by atoms with E-state index in [0.717, 1.165) is 48.8 Å². The van der Waals surface area contributed by atoms with Gasteiger partial charge in [-0.1, -0.05) is 61.0 Å². The summed E-state index contributed by atoms with van der Waals surface area (Å²) in [6, 6.07) is 23.2. The molecule has 3 aromatic rings. The van der Waals surface area contributed by atoms with Crippen molar-refractivity contribution in [3.05, 3.63) is 112 Å². The molecule has 5 atom stereocenters. The summed E-state index contributed by atoms with van der Waals surface area (Å²) < 4.78 is 16.6. The van der Waals surface area contributed by atoms with Gasteiger partial charge in [-0.15, -0.1) is 0 Å². The standard InChI is InChI=1S/C44H59NO7/c1-32-10-8-22-43(2)41(39-20-14-34(26-36(46)17-13-32)27-40(39)42(48)35-15-18-38(51-4)19-16-35)21-23-44(43,49)31-45(24-9-25-50-3)28-37(47)30-52-29-33-11-6-5-7-12-33/h5-7,10-12,14-16,18-20,27,36-37,41,46-47,49H,8-9,13,17,21-26,28-31H2,1-4H3. The van der Waals surface area contributed by atoms with Crippen molar-refractivity contribution in [2.45, 2.75) is 95.5 Å². The second kappa shape index (κ2) is 18.6. The number of nitrogens with zero attached hydrogens (tertiary/aromatic N) is 1. The normalized spacial score (nSPS) is 24.3. The van der Waals surface area contributed by atoms with Crippen molar-refractivity contribution in [3.63, 3.8) is 0 Å². The van der Waals surface area contributed by atoms with Gasteiger partial charge in [-0.05, 0) is 111 Å². The minimum atomic E-state index is -1.09. The molecule has 3 aliphatic carbocycles. The van der Waals surface area contributed by atoms with Crippen molar-refractivity contribution < 1.29 is 34.3 Å². The second-order valence-electron chi connectivity index (χ2n) is 15.2. The highest BCUT2D eigenvalue weighted by Gasteiger charge is 2.57. The first-order valence-electron chi connectivity index (χ1n) is 18.9. The number of allylic oxidation sites excluding steroid dienone is 2. The summed E-state index contributed by atoms with van der Waals surface area (Å²) in [6.07, 6.45) is 6.46. The first kappa shape index (κ1) is 39.8. The lowest BCUT2D eigenvalue weighted by atomic mass is 9.64. The summed E-state index contributed by atoms with van der Waals surface area (Å²) in [5.41, 5.74) is 3.68. The molecule has 282 valence electrons. The number of ketones is 1. The highest BCUT2D eigenvalue weighted by atomic mass is 16.5. The molecule has 52 heavy (non-hydrogen) atoms. The number of hydrogen-bond acceptors (Lipinski definition) is 8. The molecule has 0 amide bonds. The summed E-state index contributed by atoms with van der Waals surface area (Å²) in [7, 11) is 3.30. The van der Waals surface area contributed by atoms with Crippen molar-refractivity contribution in [1.29, 1.82) is 0 Å². The quantitative estimate of drug-likeness (QED) is 0.0889. The minimum Gasteiger partial charge on any atom is -0.497 e. The molecule has 5 unspecified atom stereocenters. The summed E-state index contributed by atoms with van der Waals surface area (Å²) in [4.78, 5) is 16.5. The molecule has 8 nitrogen and oxygen atoms in total. The Morgan fingerprint density at radius 1 is 1.02 bits per heavy atom. The Morgan fingerprint density at radius 3 is 2.52 bits per heavy atom. The zero-order chi connectivity index (χ0) is 37.1. The summed E-state index contributed by atoms with van der Waals surface area (Å²) in [5.74, 6) is 0.516. The number of methoxy groups -OCH3 is 2. The molecule has 0 radical (unpaired) electrons. The van der Waals surface area contributed by atoms with Gasteiger partial charge >= 0.3 is 0 Å². The summed E-state index contributed by atoms with van der Waals surface area (Å²) in [5, 5.41) is 35.1. The van der Waals surface area contributed by atoms with E-state index in [1.807, 2.05) is 36.4 Å². The van der Waals surface area contributed by atoms with Gasteiger partial charge in [0.25, 0.3) is 0 Å². The van der Waals surface area contributed by atoms with Crippen LogP contribution >= 0.6 is 0 Å². The number of aliphatic hydroxyl groups is 3. The van der Waals surface area contributed by atoms with Gasteiger partial charge in [-0.2, -0.15) is 0 Å². The van der Waals surface area contributed by atoms with E-state index < -0.39 is 23.2 Å². The lowest BCUT2D eigenvalue weighted by Gasteiger charge is -2.46. The number of carbonyl (C=O) groups excluding carboxylic acids is 1. The van der Waals surface area contributed by atoms with E-state index in [0.29, 0.717) is 69.0 Å². The Morgan fingerprint density at radius 2 is 1.79 bits per heavy atom. The molecular formula is C44H59NO7. The SMILES string of the molecule is COCCCN(CC(O)COCc1ccccc1)CC1(O)CCC2c3ccc(cc3C(=O)c3ccc(OC)cc3)CC(O)CCC(C)=CCCC21C. The molecule has 0 heterocycles. The van der Waals surface area contributed by atoms with E-state index in [2.05, 4.69) is 37.0 Å². The van der Waals surface area contributed by atoms with Gasteiger partial charge in [0.05, 0.1) is 38.1 Å². The topological polar surface area (TPSA) is 109 Å². The number of carbonyl (C=O) groups is 1. The highest BCUT2D eigenvalue weighted by Crippen LogP contribution is 2.59. The molecule has 3 aromatic carbocycles. The number of rotatable bonds is 15. The van der Waals surface area contributed by atoms with Crippen LogP contribution < -0.4 is 4.74 Å². The van der Waals surface area contributed by atoms with E-state index in [1.54, 1.807) is 38.5 Å². The molecule has 2 bridgehead atoms. The molecule has 3 aliphatic rings. The van der Waals surface area contributed by atoms with Crippen LogP contribution in [0.25, 0.3) is 0 Å². The van der Waals surface area contributed by atoms with Crippen LogP contribution in [0.5, 0.6) is 5.75 Å². The molecule has 1 fully saturated rings. The Kier molecular flexibility index (Phi) is 14.2. The number of aliphatic hydroxyl groups excluding tert-OH is 2. The second-order valence-corrected chi connectivity index (χ2v) is 15.2. The van der Waals surface area contributed by atoms with Crippen LogP contribution in [-0.4, -0.2) is 90.9 Å². The molecule has 0 aromatic heterocycles. The fourth-order valence-corrected chi connectivity index (χ4v) is 8.37. The number of benzene rings is 3. The molecule has 0 aliphatic heterocycles. The van der Waals surface area contributed by atoms with Crippen molar-refractivity contribution in [2.75, 3.05) is 47.1 Å². The smallest absolute Gasteiger partial charge is 0.193 e. The number of hydrogen-bond donors (Lipinski definition) is 3. The predicted octanol–water partition coefficient (Wildman–Crippen LogP) is 6.88. The average molecular weight is 714 g/mol. The van der Waals surface area contributed by atoms with Gasteiger partial charge < -0.3 is 29.5 Å². The van der Waals surface area contributed by atoms with Crippen LogP contribution in [-0.2, 0) is 22.5 Å². The largest absolute Gasteiger partial charge is 0.497 e. The molecule has 1 saturated carbocycles.